The van der Waals surface area contributed by atoms with E-state index in [1.54, 1.807) is 0 Å². The molecule has 2 unspecified atom stereocenters. The van der Waals surface area contributed by atoms with Crippen LogP contribution in [0.5, 0.6) is 0 Å². The lowest BCUT2D eigenvalue weighted by Crippen LogP contribution is -2.34. The summed E-state index contributed by atoms with van der Waals surface area (Å²) >= 11 is 0. The zero-order chi connectivity index (χ0) is 12.7. The fourth-order valence-electron chi connectivity index (χ4n) is 2.53. The normalized spacial score (nSPS) is 23.5. The Morgan fingerprint density at radius 3 is 3.00 bits per heavy atom. The molecule has 1 saturated heterocycles. The van der Waals surface area contributed by atoms with Gasteiger partial charge in [-0.2, -0.15) is 0 Å². The van der Waals surface area contributed by atoms with E-state index >= 15 is 0 Å². The highest BCUT2D eigenvalue weighted by atomic mass is 16.4. The maximum Gasteiger partial charge on any atom is 0.303 e. The van der Waals surface area contributed by atoms with Crippen molar-refractivity contribution in [3.05, 3.63) is 0 Å². The van der Waals surface area contributed by atoms with Crippen molar-refractivity contribution in [1.29, 1.82) is 0 Å². The first kappa shape index (κ1) is 14.5. The van der Waals surface area contributed by atoms with Gasteiger partial charge in [0.05, 0.1) is 0 Å². The summed E-state index contributed by atoms with van der Waals surface area (Å²) in [6.45, 7) is 6.26. The molecule has 0 aromatic rings. The van der Waals surface area contributed by atoms with Gasteiger partial charge in [-0.3, -0.25) is 4.79 Å². The Morgan fingerprint density at radius 2 is 2.35 bits per heavy atom. The number of nitrogens with zero attached hydrogens (tertiary/aromatic N) is 1. The molecule has 0 aromatic carbocycles. The van der Waals surface area contributed by atoms with Crippen LogP contribution in [0.2, 0.25) is 0 Å². The smallest absolute Gasteiger partial charge is 0.303 e. The predicted octanol–water partition coefficient (Wildman–Crippen LogP) is 1.42. The summed E-state index contributed by atoms with van der Waals surface area (Å²) in [4.78, 5) is 12.9. The second-order valence-corrected chi connectivity index (χ2v) is 5.47. The average molecular weight is 242 g/mol. The summed E-state index contributed by atoms with van der Waals surface area (Å²) in [5.74, 6) is 0.339. The summed E-state index contributed by atoms with van der Waals surface area (Å²) in [6, 6.07) is 0. The fourth-order valence-corrected chi connectivity index (χ4v) is 2.53. The van der Waals surface area contributed by atoms with Crippen molar-refractivity contribution in [1.82, 2.24) is 10.2 Å². The minimum Gasteiger partial charge on any atom is -0.481 e. The Kier molecular flexibility index (Phi) is 6.52. The molecule has 1 heterocycles. The van der Waals surface area contributed by atoms with Crippen molar-refractivity contribution in [2.45, 2.75) is 32.6 Å². The van der Waals surface area contributed by atoms with Gasteiger partial charge < -0.3 is 15.3 Å². The van der Waals surface area contributed by atoms with Crippen LogP contribution in [0.4, 0.5) is 0 Å². The molecule has 1 aliphatic heterocycles. The van der Waals surface area contributed by atoms with Gasteiger partial charge in [-0.25, -0.2) is 0 Å². The molecule has 0 bridgehead atoms. The first-order valence-electron chi connectivity index (χ1n) is 6.69. The average Bonchev–Trinajstić information content (AvgIpc) is 2.23. The molecule has 0 aliphatic carbocycles. The lowest BCUT2D eigenvalue weighted by atomic mass is 9.95. The van der Waals surface area contributed by atoms with E-state index < -0.39 is 5.97 Å². The number of likely N-dealkylation sites (tertiary alicyclic amines) is 1. The third-order valence-electron chi connectivity index (χ3n) is 3.47. The van der Waals surface area contributed by atoms with Gasteiger partial charge in [0.15, 0.2) is 0 Å². The van der Waals surface area contributed by atoms with Crippen LogP contribution in [0.3, 0.4) is 0 Å². The topological polar surface area (TPSA) is 52.6 Å². The van der Waals surface area contributed by atoms with Crippen molar-refractivity contribution < 1.29 is 9.90 Å². The minimum atomic E-state index is -0.701. The Morgan fingerprint density at radius 1 is 1.59 bits per heavy atom. The third-order valence-corrected chi connectivity index (χ3v) is 3.47. The Labute approximate surface area is 104 Å². The van der Waals surface area contributed by atoms with Crippen molar-refractivity contribution in [3.8, 4) is 0 Å². The molecule has 0 aromatic heterocycles. The molecule has 17 heavy (non-hydrogen) atoms. The Hall–Kier alpha value is -0.610. The summed E-state index contributed by atoms with van der Waals surface area (Å²) in [6.07, 6.45) is 4.14. The molecule has 0 radical (unpaired) electrons. The number of piperidine rings is 1. The first-order valence-corrected chi connectivity index (χ1v) is 6.69. The van der Waals surface area contributed by atoms with Crippen molar-refractivity contribution in [3.63, 3.8) is 0 Å². The van der Waals surface area contributed by atoms with Crippen LogP contribution in [0, 0.1) is 11.8 Å². The highest BCUT2D eigenvalue weighted by Gasteiger charge is 2.16. The van der Waals surface area contributed by atoms with Crippen molar-refractivity contribution in [2.75, 3.05) is 33.2 Å². The Bertz CT molecular complexity index is 233. The summed E-state index contributed by atoms with van der Waals surface area (Å²) < 4.78 is 0. The number of nitrogens with one attached hydrogen (secondary N) is 1. The number of carboxylic acids is 1. The van der Waals surface area contributed by atoms with Gasteiger partial charge in [-0.1, -0.05) is 6.92 Å². The Balaban J connectivity index is 2.01. The highest BCUT2D eigenvalue weighted by Crippen LogP contribution is 2.17. The van der Waals surface area contributed by atoms with Crippen LogP contribution in [-0.2, 0) is 4.79 Å². The first-order chi connectivity index (χ1) is 8.08. The molecular formula is C13H26N2O2. The molecule has 2 N–H and O–H groups in total. The molecule has 2 atom stereocenters. The van der Waals surface area contributed by atoms with E-state index in [0.717, 1.165) is 19.0 Å². The van der Waals surface area contributed by atoms with E-state index in [2.05, 4.69) is 17.3 Å². The minimum absolute atomic E-state index is 0.224. The van der Waals surface area contributed by atoms with Gasteiger partial charge in [0, 0.05) is 13.0 Å². The van der Waals surface area contributed by atoms with Crippen molar-refractivity contribution >= 4 is 5.97 Å². The number of hydrogen-bond donors (Lipinski definition) is 2. The molecule has 4 nitrogen and oxygen atoms in total. The van der Waals surface area contributed by atoms with Gasteiger partial charge in [-0.15, -0.1) is 0 Å². The quantitative estimate of drug-likeness (QED) is 0.663. The van der Waals surface area contributed by atoms with Gasteiger partial charge in [0.2, 0.25) is 0 Å². The molecule has 1 fully saturated rings. The number of aliphatic carboxylic acids is 1. The van der Waals surface area contributed by atoms with Crippen molar-refractivity contribution in [2.24, 2.45) is 11.8 Å². The second kappa shape index (κ2) is 7.67. The van der Waals surface area contributed by atoms with E-state index in [0.29, 0.717) is 0 Å². The van der Waals surface area contributed by atoms with Gasteiger partial charge in [0.1, 0.15) is 0 Å². The van der Waals surface area contributed by atoms with Gasteiger partial charge >= 0.3 is 5.97 Å². The number of carbonyl (C=O) groups is 1. The molecule has 1 aliphatic rings. The predicted molar refractivity (Wildman–Crippen MR) is 69.1 cm³/mol. The summed E-state index contributed by atoms with van der Waals surface area (Å²) in [7, 11) is 2.19. The molecule has 100 valence electrons. The number of hydrogen-bond acceptors (Lipinski definition) is 3. The summed E-state index contributed by atoms with van der Waals surface area (Å²) in [5, 5.41) is 12.0. The number of carboxylic acid groups (broad SMARTS) is 1. The molecule has 0 saturated carbocycles. The standard InChI is InChI=1S/C13H26N2O2/c1-11(8-13(16)17)9-14-6-5-12-4-3-7-15(2)10-12/h11-12,14H,3-10H2,1-2H3,(H,16,17). The van der Waals surface area contributed by atoms with Crippen LogP contribution >= 0.6 is 0 Å². The maximum absolute atomic E-state index is 10.5. The van der Waals surface area contributed by atoms with E-state index in [1.165, 1.54) is 32.4 Å². The van der Waals surface area contributed by atoms with E-state index in [-0.39, 0.29) is 12.3 Å². The van der Waals surface area contributed by atoms with E-state index in [1.807, 2.05) is 6.92 Å². The van der Waals surface area contributed by atoms with Crippen LogP contribution in [0.25, 0.3) is 0 Å². The van der Waals surface area contributed by atoms with E-state index in [9.17, 15) is 4.79 Å². The number of rotatable bonds is 7. The largest absolute Gasteiger partial charge is 0.481 e. The second-order valence-electron chi connectivity index (χ2n) is 5.47. The molecular weight excluding hydrogens is 216 g/mol. The zero-order valence-electron chi connectivity index (χ0n) is 11.1. The monoisotopic (exact) mass is 242 g/mol. The lowest BCUT2D eigenvalue weighted by molar-refractivity contribution is -0.137. The summed E-state index contributed by atoms with van der Waals surface area (Å²) in [5.41, 5.74) is 0. The SMILES string of the molecule is CC(CNCCC1CCCN(C)C1)CC(=O)O. The highest BCUT2D eigenvalue weighted by molar-refractivity contribution is 5.66. The van der Waals surface area contributed by atoms with Gasteiger partial charge in [-0.05, 0) is 57.8 Å². The van der Waals surface area contributed by atoms with Crippen LogP contribution in [0.15, 0.2) is 0 Å². The van der Waals surface area contributed by atoms with E-state index in [4.69, 9.17) is 5.11 Å². The molecule has 4 heteroatoms. The zero-order valence-corrected chi connectivity index (χ0v) is 11.1. The van der Waals surface area contributed by atoms with Crippen LogP contribution in [0.1, 0.15) is 32.6 Å². The fraction of sp³-hybridized carbons (Fsp3) is 0.923. The van der Waals surface area contributed by atoms with Crippen LogP contribution < -0.4 is 5.32 Å². The molecule has 0 spiro atoms. The third kappa shape index (κ3) is 6.64. The maximum atomic E-state index is 10.5. The van der Waals surface area contributed by atoms with Crippen LogP contribution in [-0.4, -0.2) is 49.2 Å². The van der Waals surface area contributed by atoms with Gasteiger partial charge in [0.25, 0.3) is 0 Å². The molecule has 1 rings (SSSR count). The lowest BCUT2D eigenvalue weighted by Gasteiger charge is -2.29. The molecule has 0 amide bonds.